The molecule has 0 radical (unpaired) electrons. The third kappa shape index (κ3) is 50.1. The first-order valence-electron chi connectivity index (χ1n) is 0.548. The molecule has 0 aromatic rings. The number of rotatable bonds is 0. The van der Waals surface area contributed by atoms with Gasteiger partial charge in [-0.15, -0.1) is 0 Å². The van der Waals surface area contributed by atoms with Crippen LogP contribution in [0.15, 0.2) is 0 Å². The quantitative estimate of drug-likeness (QED) is 0.384. The van der Waals surface area contributed by atoms with Crippen molar-refractivity contribution in [2.75, 3.05) is 0 Å². The molecule has 0 spiro atoms. The first-order chi connectivity index (χ1) is 1.73. The third-order valence-electron chi connectivity index (χ3n) is 0. The summed E-state index contributed by atoms with van der Waals surface area (Å²) in [7, 11) is 0. The summed E-state index contributed by atoms with van der Waals surface area (Å²) in [5.41, 5.74) is 0. The van der Waals surface area contributed by atoms with Crippen LogP contribution >= 0.6 is 0 Å². The Labute approximate surface area is 69.0 Å². The Hall–Kier alpha value is 1.48. The Morgan fingerprint density at radius 2 is 1.50 bits per heavy atom. The molecule has 0 aliphatic heterocycles. The fraction of sp³-hybridized carbons (Fsp3) is 0. The molecule has 3 nitrogen and oxygen atoms in total. The molecule has 0 saturated carbocycles. The summed E-state index contributed by atoms with van der Waals surface area (Å²) in [6, 6.07) is 0. The standard InChI is InChI=1S/Ag.Li.3O.V.H/q2*+1;;;-1;;-1. The average molecular weight is 215 g/mol. The van der Waals surface area contributed by atoms with Crippen LogP contribution in [-0.4, -0.2) is 0 Å². The van der Waals surface area contributed by atoms with E-state index in [1.54, 1.807) is 0 Å². The maximum atomic E-state index is 8.56. The second-order valence-electron chi connectivity index (χ2n) is 0.224. The van der Waals surface area contributed by atoms with Crippen LogP contribution in [0.4, 0.5) is 0 Å². The van der Waals surface area contributed by atoms with E-state index in [-0.39, 0.29) is 42.7 Å². The van der Waals surface area contributed by atoms with Gasteiger partial charge in [0.15, 0.2) is 0 Å². The van der Waals surface area contributed by atoms with Crippen LogP contribution in [0.25, 0.3) is 0 Å². The van der Waals surface area contributed by atoms with E-state index in [1.165, 1.54) is 0 Å². The van der Waals surface area contributed by atoms with Gasteiger partial charge >= 0.3 is 68.0 Å². The molecular weight excluding hydrogens is 214 g/mol. The van der Waals surface area contributed by atoms with E-state index in [2.05, 4.69) is 0 Å². The zero-order valence-electron chi connectivity index (χ0n) is 3.97. The second kappa shape index (κ2) is 9.70. The van der Waals surface area contributed by atoms with Crippen LogP contribution < -0.4 is 22.9 Å². The predicted octanol–water partition coefficient (Wildman–Crippen LogP) is -4.32. The van der Waals surface area contributed by atoms with E-state index in [1.807, 2.05) is 0 Å². The van der Waals surface area contributed by atoms with Crippen molar-refractivity contribution in [3.05, 3.63) is 0 Å². The molecule has 0 aromatic carbocycles. The van der Waals surface area contributed by atoms with Gasteiger partial charge in [-0.05, 0) is 0 Å². The Morgan fingerprint density at radius 1 is 1.50 bits per heavy atom. The summed E-state index contributed by atoms with van der Waals surface area (Å²) in [6.45, 7) is 0. The average Bonchev–Trinajstić information content (AvgIpc) is 0.811. The van der Waals surface area contributed by atoms with Crippen LogP contribution in [0, 0.1) is 0 Å². The summed E-state index contributed by atoms with van der Waals surface area (Å²) in [6.07, 6.45) is 0. The Bertz CT molecular complexity index is 63.3. The van der Waals surface area contributed by atoms with Crippen LogP contribution in [0.2, 0.25) is 0 Å². The van der Waals surface area contributed by atoms with Gasteiger partial charge in [-0.2, -0.15) is 0 Å². The van der Waals surface area contributed by atoms with Crippen LogP contribution in [0.5, 0.6) is 0 Å². The number of hydrogen-bond donors (Lipinski definition) is 0. The van der Waals surface area contributed by atoms with E-state index in [0.29, 0.717) is 0 Å². The SMILES string of the molecule is [Ag+].[H-].[Li+].[O]=[V](=[O])[O-]. The summed E-state index contributed by atoms with van der Waals surface area (Å²) in [5.74, 6) is 0. The Balaban J connectivity index is -0.0000000150. The first kappa shape index (κ1) is 15.6. The zero-order valence-corrected chi connectivity index (χ0v) is 5.85. The molecule has 0 aliphatic rings. The normalized spacial score (nSPS) is 4.17. The van der Waals surface area contributed by atoms with Crippen molar-refractivity contribution in [2.45, 2.75) is 0 Å². The van der Waals surface area contributed by atoms with Crippen molar-refractivity contribution in [3.8, 4) is 0 Å². The molecule has 0 atom stereocenters. The predicted molar refractivity (Wildman–Crippen MR) is 2.49 cm³/mol. The van der Waals surface area contributed by atoms with Gasteiger partial charge in [0.05, 0.1) is 0 Å². The molecule has 0 unspecified atom stereocenters. The van der Waals surface area contributed by atoms with Crippen molar-refractivity contribution in [3.63, 3.8) is 0 Å². The summed E-state index contributed by atoms with van der Waals surface area (Å²) >= 11 is -3.94. The monoisotopic (exact) mass is 214 g/mol. The van der Waals surface area contributed by atoms with Gasteiger partial charge < -0.3 is 1.43 Å². The molecule has 0 saturated heterocycles. The topological polar surface area (TPSA) is 57.2 Å². The van der Waals surface area contributed by atoms with E-state index in [9.17, 15) is 0 Å². The van der Waals surface area contributed by atoms with E-state index in [0.717, 1.165) is 0 Å². The molecule has 6 heteroatoms. The van der Waals surface area contributed by atoms with E-state index >= 15 is 0 Å². The third-order valence-corrected chi connectivity index (χ3v) is 0. The van der Waals surface area contributed by atoms with Crippen LogP contribution in [-0.2, 0) is 45.1 Å². The molecule has 0 rings (SSSR count). The maximum absolute atomic E-state index is 8.56. The minimum absolute atomic E-state index is 0. The number of hydrogen-bond acceptors (Lipinski definition) is 3. The van der Waals surface area contributed by atoms with Crippen molar-refractivity contribution >= 4 is 0 Å². The first-order valence-corrected chi connectivity index (χ1v) is 2.26. The fourth-order valence-electron chi connectivity index (χ4n) is 0. The molecule has 0 aromatic heterocycles. The van der Waals surface area contributed by atoms with Crippen LogP contribution in [0.1, 0.15) is 1.43 Å². The van der Waals surface area contributed by atoms with Gasteiger partial charge in [0.1, 0.15) is 0 Å². The van der Waals surface area contributed by atoms with Crippen molar-refractivity contribution in [2.24, 2.45) is 0 Å². The molecule has 0 N–H and O–H groups in total. The van der Waals surface area contributed by atoms with E-state index in [4.69, 9.17) is 11.4 Å². The second-order valence-corrected chi connectivity index (χ2v) is 0.922. The van der Waals surface area contributed by atoms with Gasteiger partial charge in [-0.3, -0.25) is 0 Å². The van der Waals surface area contributed by atoms with Gasteiger partial charge in [-0.25, -0.2) is 0 Å². The summed E-state index contributed by atoms with van der Waals surface area (Å²) in [5, 5.41) is 0. The Morgan fingerprint density at radius 3 is 1.50 bits per heavy atom. The minimum atomic E-state index is -3.94. The van der Waals surface area contributed by atoms with Gasteiger partial charge in [0.2, 0.25) is 0 Å². The summed E-state index contributed by atoms with van der Waals surface area (Å²) in [4.78, 5) is 0. The molecule has 36 valence electrons. The van der Waals surface area contributed by atoms with Crippen molar-refractivity contribution in [1.82, 2.24) is 0 Å². The molecule has 0 heterocycles. The molecule has 6 heavy (non-hydrogen) atoms. The molecule has 0 amide bonds. The van der Waals surface area contributed by atoms with Gasteiger partial charge in [0.25, 0.3) is 0 Å². The van der Waals surface area contributed by atoms with Gasteiger partial charge in [-0.1, -0.05) is 0 Å². The molecule has 0 aliphatic carbocycles. The molecule has 0 fully saturated rings. The van der Waals surface area contributed by atoms with Crippen LogP contribution in [0.3, 0.4) is 0 Å². The summed E-state index contributed by atoms with van der Waals surface area (Å²) < 4.78 is 25.7. The van der Waals surface area contributed by atoms with E-state index < -0.39 is 15.4 Å². The Kier molecular flexibility index (Phi) is 25.3. The van der Waals surface area contributed by atoms with Gasteiger partial charge in [0, 0.05) is 0 Å². The molecular formula is HAgLiO3V. The zero-order chi connectivity index (χ0) is 3.58. The molecule has 0 bridgehead atoms. The van der Waals surface area contributed by atoms with Crippen molar-refractivity contribution in [1.29, 1.82) is 0 Å². The van der Waals surface area contributed by atoms with Crippen molar-refractivity contribution < 1.29 is 69.4 Å². The fourth-order valence-corrected chi connectivity index (χ4v) is 0.